The highest BCUT2D eigenvalue weighted by Crippen LogP contribution is 2.19. The average Bonchev–Trinajstić information content (AvgIpc) is 2.29. The maximum atomic E-state index is 3.45. The molecular weight excluding hydrogens is 196 g/mol. The first-order valence-corrected chi connectivity index (χ1v) is 7.13. The maximum absolute atomic E-state index is 3.45. The van der Waals surface area contributed by atoms with E-state index in [4.69, 9.17) is 0 Å². The van der Waals surface area contributed by atoms with Crippen molar-refractivity contribution in [1.82, 2.24) is 10.2 Å². The molecule has 1 atom stereocenters. The standard InChI is InChI=1S/C14H30N2/c1-5-14(12(3)4)16(6-2)11-13-7-9-15-10-8-13/h12-15H,5-11H2,1-4H3. The molecule has 0 saturated carbocycles. The second-order valence-electron chi connectivity index (χ2n) is 5.50. The van der Waals surface area contributed by atoms with Crippen LogP contribution in [0.3, 0.4) is 0 Å². The fourth-order valence-electron chi connectivity index (χ4n) is 3.05. The van der Waals surface area contributed by atoms with Gasteiger partial charge in [0, 0.05) is 12.6 Å². The average molecular weight is 226 g/mol. The van der Waals surface area contributed by atoms with Crippen molar-refractivity contribution in [3.05, 3.63) is 0 Å². The molecule has 1 heterocycles. The van der Waals surface area contributed by atoms with E-state index in [9.17, 15) is 0 Å². The van der Waals surface area contributed by atoms with Crippen molar-refractivity contribution in [2.24, 2.45) is 11.8 Å². The van der Waals surface area contributed by atoms with Gasteiger partial charge in [-0.2, -0.15) is 0 Å². The highest BCUT2D eigenvalue weighted by molar-refractivity contribution is 4.78. The van der Waals surface area contributed by atoms with Gasteiger partial charge in [0.2, 0.25) is 0 Å². The van der Waals surface area contributed by atoms with Crippen LogP contribution in [0.2, 0.25) is 0 Å². The van der Waals surface area contributed by atoms with Crippen LogP contribution in [-0.4, -0.2) is 37.1 Å². The number of piperidine rings is 1. The smallest absolute Gasteiger partial charge is 0.0116 e. The molecule has 0 aromatic heterocycles. The Hall–Kier alpha value is -0.0800. The van der Waals surface area contributed by atoms with E-state index in [-0.39, 0.29) is 0 Å². The topological polar surface area (TPSA) is 15.3 Å². The van der Waals surface area contributed by atoms with Crippen LogP contribution in [0.4, 0.5) is 0 Å². The zero-order valence-electron chi connectivity index (χ0n) is 11.6. The van der Waals surface area contributed by atoms with Gasteiger partial charge in [-0.05, 0) is 50.7 Å². The summed E-state index contributed by atoms with van der Waals surface area (Å²) < 4.78 is 0. The predicted molar refractivity (Wildman–Crippen MR) is 71.8 cm³/mol. The van der Waals surface area contributed by atoms with Crippen molar-refractivity contribution in [3.8, 4) is 0 Å². The molecule has 1 N–H and O–H groups in total. The van der Waals surface area contributed by atoms with Gasteiger partial charge >= 0.3 is 0 Å². The van der Waals surface area contributed by atoms with E-state index in [1.165, 1.54) is 45.4 Å². The molecule has 2 heteroatoms. The minimum atomic E-state index is 0.778. The molecule has 0 radical (unpaired) electrons. The van der Waals surface area contributed by atoms with Crippen molar-refractivity contribution < 1.29 is 0 Å². The van der Waals surface area contributed by atoms with Crippen LogP contribution in [0.25, 0.3) is 0 Å². The number of rotatable bonds is 6. The highest BCUT2D eigenvalue weighted by atomic mass is 15.2. The van der Waals surface area contributed by atoms with Crippen LogP contribution >= 0.6 is 0 Å². The Labute approximate surface area is 102 Å². The third-order valence-electron chi connectivity index (χ3n) is 4.01. The Balaban J connectivity index is 2.45. The largest absolute Gasteiger partial charge is 0.317 e. The van der Waals surface area contributed by atoms with Crippen molar-refractivity contribution >= 4 is 0 Å². The first kappa shape index (κ1) is 14.0. The number of hydrogen-bond donors (Lipinski definition) is 1. The van der Waals surface area contributed by atoms with Gasteiger partial charge in [-0.3, -0.25) is 0 Å². The molecule has 0 aliphatic carbocycles. The molecule has 0 amide bonds. The van der Waals surface area contributed by atoms with Crippen LogP contribution in [0.15, 0.2) is 0 Å². The van der Waals surface area contributed by atoms with E-state index < -0.39 is 0 Å². The van der Waals surface area contributed by atoms with Crippen LogP contribution in [0.5, 0.6) is 0 Å². The second-order valence-corrected chi connectivity index (χ2v) is 5.50. The summed E-state index contributed by atoms with van der Waals surface area (Å²) >= 11 is 0. The Morgan fingerprint density at radius 1 is 1.19 bits per heavy atom. The molecule has 1 aliphatic heterocycles. The van der Waals surface area contributed by atoms with E-state index in [2.05, 4.69) is 37.9 Å². The normalized spacial score (nSPS) is 20.6. The lowest BCUT2D eigenvalue weighted by Gasteiger charge is -2.36. The van der Waals surface area contributed by atoms with Gasteiger partial charge in [0.15, 0.2) is 0 Å². The summed E-state index contributed by atoms with van der Waals surface area (Å²) in [5.41, 5.74) is 0. The van der Waals surface area contributed by atoms with Gasteiger partial charge < -0.3 is 10.2 Å². The summed E-state index contributed by atoms with van der Waals surface area (Å²) in [5, 5.41) is 3.45. The molecule has 1 saturated heterocycles. The van der Waals surface area contributed by atoms with E-state index in [0.29, 0.717) is 0 Å². The lowest BCUT2D eigenvalue weighted by molar-refractivity contribution is 0.123. The molecule has 0 spiro atoms. The number of hydrogen-bond acceptors (Lipinski definition) is 2. The fraction of sp³-hybridized carbons (Fsp3) is 1.00. The minimum Gasteiger partial charge on any atom is -0.317 e. The van der Waals surface area contributed by atoms with Crippen LogP contribution in [0.1, 0.15) is 47.0 Å². The van der Waals surface area contributed by atoms with Crippen molar-refractivity contribution in [3.63, 3.8) is 0 Å². The molecule has 1 aliphatic rings. The Morgan fingerprint density at radius 3 is 2.25 bits per heavy atom. The van der Waals surface area contributed by atoms with Gasteiger partial charge in [0.05, 0.1) is 0 Å². The molecular formula is C14H30N2. The van der Waals surface area contributed by atoms with Crippen molar-refractivity contribution in [2.75, 3.05) is 26.2 Å². The second kappa shape index (κ2) is 7.29. The lowest BCUT2D eigenvalue weighted by atomic mass is 9.94. The molecule has 2 nitrogen and oxygen atoms in total. The van der Waals surface area contributed by atoms with Gasteiger partial charge in [0.1, 0.15) is 0 Å². The van der Waals surface area contributed by atoms with Gasteiger partial charge in [-0.15, -0.1) is 0 Å². The zero-order chi connectivity index (χ0) is 12.0. The number of nitrogens with zero attached hydrogens (tertiary/aromatic N) is 1. The fourth-order valence-corrected chi connectivity index (χ4v) is 3.05. The van der Waals surface area contributed by atoms with Crippen LogP contribution in [-0.2, 0) is 0 Å². The SMILES string of the molecule is CCC(C(C)C)N(CC)CC1CCNCC1. The summed E-state index contributed by atoms with van der Waals surface area (Å²) in [4.78, 5) is 2.71. The van der Waals surface area contributed by atoms with E-state index in [1.807, 2.05) is 0 Å². The molecule has 0 aromatic rings. The summed E-state index contributed by atoms with van der Waals surface area (Å²) in [6, 6.07) is 0.778. The van der Waals surface area contributed by atoms with Crippen LogP contribution in [0, 0.1) is 11.8 Å². The minimum absolute atomic E-state index is 0.778. The van der Waals surface area contributed by atoms with E-state index in [1.54, 1.807) is 0 Å². The summed E-state index contributed by atoms with van der Waals surface area (Å²) in [5.74, 6) is 1.71. The Morgan fingerprint density at radius 2 is 1.81 bits per heavy atom. The van der Waals surface area contributed by atoms with E-state index >= 15 is 0 Å². The maximum Gasteiger partial charge on any atom is 0.0116 e. The van der Waals surface area contributed by atoms with Crippen molar-refractivity contribution in [1.29, 1.82) is 0 Å². The summed E-state index contributed by atoms with van der Waals surface area (Å²) in [6.45, 7) is 14.3. The molecule has 16 heavy (non-hydrogen) atoms. The molecule has 1 fully saturated rings. The summed E-state index contributed by atoms with van der Waals surface area (Å²) in [7, 11) is 0. The molecule has 1 unspecified atom stereocenters. The predicted octanol–water partition coefficient (Wildman–Crippen LogP) is 2.74. The number of nitrogens with one attached hydrogen (secondary N) is 1. The zero-order valence-corrected chi connectivity index (χ0v) is 11.6. The lowest BCUT2D eigenvalue weighted by Crippen LogP contribution is -2.43. The third kappa shape index (κ3) is 4.06. The molecule has 0 aromatic carbocycles. The van der Waals surface area contributed by atoms with Crippen molar-refractivity contribution in [2.45, 2.75) is 53.0 Å². The van der Waals surface area contributed by atoms with Crippen LogP contribution < -0.4 is 5.32 Å². The Kier molecular flexibility index (Phi) is 6.37. The van der Waals surface area contributed by atoms with Gasteiger partial charge in [0.25, 0.3) is 0 Å². The van der Waals surface area contributed by atoms with Gasteiger partial charge in [-0.25, -0.2) is 0 Å². The van der Waals surface area contributed by atoms with E-state index in [0.717, 1.165) is 17.9 Å². The Bertz CT molecular complexity index is 174. The molecule has 0 bridgehead atoms. The third-order valence-corrected chi connectivity index (χ3v) is 4.01. The molecule has 96 valence electrons. The highest BCUT2D eigenvalue weighted by Gasteiger charge is 2.22. The quantitative estimate of drug-likeness (QED) is 0.749. The van der Waals surface area contributed by atoms with Gasteiger partial charge in [-0.1, -0.05) is 27.7 Å². The monoisotopic (exact) mass is 226 g/mol. The first-order valence-electron chi connectivity index (χ1n) is 7.13. The summed E-state index contributed by atoms with van der Waals surface area (Å²) in [6.07, 6.45) is 4.02. The molecule has 1 rings (SSSR count). The first-order chi connectivity index (χ1) is 7.69.